The molecule has 0 saturated heterocycles. The average Bonchev–Trinajstić information content (AvgIpc) is 3.51. The van der Waals surface area contributed by atoms with Crippen LogP contribution in [0.5, 0.6) is 0 Å². The number of amides is 2. The highest BCUT2D eigenvalue weighted by atomic mass is 16.3. The summed E-state index contributed by atoms with van der Waals surface area (Å²) in [7, 11) is 1.62. The molecule has 4 rings (SSSR count). The van der Waals surface area contributed by atoms with Crippen molar-refractivity contribution in [3.63, 3.8) is 0 Å². The molecule has 7 nitrogen and oxygen atoms in total. The number of anilines is 1. The Hall–Kier alpha value is -4.13. The number of hydrogen-bond donors (Lipinski definition) is 1. The minimum Gasteiger partial charge on any atom is -0.459 e. The molecule has 0 aliphatic rings. The number of aromatic nitrogens is 2. The summed E-state index contributed by atoms with van der Waals surface area (Å²) in [6.45, 7) is 0.368. The summed E-state index contributed by atoms with van der Waals surface area (Å²) >= 11 is 0. The van der Waals surface area contributed by atoms with Crippen LogP contribution >= 0.6 is 0 Å². The van der Waals surface area contributed by atoms with Crippen molar-refractivity contribution >= 4 is 17.5 Å². The lowest BCUT2D eigenvalue weighted by Gasteiger charge is -2.19. The van der Waals surface area contributed by atoms with E-state index in [1.54, 1.807) is 56.0 Å². The molecule has 2 aromatic carbocycles. The van der Waals surface area contributed by atoms with Crippen molar-refractivity contribution < 1.29 is 14.0 Å². The second kappa shape index (κ2) is 8.48. The highest BCUT2D eigenvalue weighted by Crippen LogP contribution is 2.21. The molecule has 0 radical (unpaired) electrons. The van der Waals surface area contributed by atoms with Crippen molar-refractivity contribution in [3.05, 3.63) is 103 Å². The molecule has 0 unspecified atom stereocenters. The minimum absolute atomic E-state index is 0.214. The molecule has 1 N–H and O–H groups in total. The van der Waals surface area contributed by atoms with Gasteiger partial charge in [0.15, 0.2) is 5.76 Å². The normalized spacial score (nSPS) is 10.6. The molecule has 0 aliphatic carbocycles. The van der Waals surface area contributed by atoms with Crippen LogP contribution < -0.4 is 10.2 Å². The van der Waals surface area contributed by atoms with Gasteiger partial charge in [-0.1, -0.05) is 24.3 Å². The van der Waals surface area contributed by atoms with Gasteiger partial charge in [0.05, 0.1) is 23.8 Å². The summed E-state index contributed by atoms with van der Waals surface area (Å²) in [5, 5.41) is 2.92. The summed E-state index contributed by atoms with van der Waals surface area (Å²) < 4.78 is 7.09. The van der Waals surface area contributed by atoms with E-state index in [4.69, 9.17) is 4.42 Å². The van der Waals surface area contributed by atoms with Crippen molar-refractivity contribution in [3.8, 4) is 5.69 Å². The number of benzene rings is 2. The number of carbonyl (C=O) groups is 2. The number of rotatable bonds is 6. The molecular weight excluding hydrogens is 380 g/mol. The third-order valence-corrected chi connectivity index (χ3v) is 4.74. The van der Waals surface area contributed by atoms with Gasteiger partial charge in [0.2, 0.25) is 0 Å². The van der Waals surface area contributed by atoms with Gasteiger partial charge in [0, 0.05) is 31.7 Å². The van der Waals surface area contributed by atoms with Gasteiger partial charge in [-0.05, 0) is 42.0 Å². The Morgan fingerprint density at radius 1 is 1.07 bits per heavy atom. The van der Waals surface area contributed by atoms with Gasteiger partial charge in [-0.15, -0.1) is 0 Å². The average molecular weight is 400 g/mol. The van der Waals surface area contributed by atoms with Crippen molar-refractivity contribution in [2.24, 2.45) is 0 Å². The highest BCUT2D eigenvalue weighted by Gasteiger charge is 2.21. The van der Waals surface area contributed by atoms with Crippen LogP contribution in [0.3, 0.4) is 0 Å². The standard InChI is InChI=1S/C23H20N4O3/c1-26(23(29)21-7-4-14-30-21)20-6-3-2-5-19(20)22(28)25-15-17-8-10-18(11-9-17)27-13-12-24-16-27/h2-14,16H,15H2,1H3,(H,25,28). The Morgan fingerprint density at radius 2 is 1.87 bits per heavy atom. The molecule has 0 fully saturated rings. The van der Waals surface area contributed by atoms with Gasteiger partial charge in [-0.2, -0.15) is 0 Å². The van der Waals surface area contributed by atoms with Crippen molar-refractivity contribution in [2.75, 3.05) is 11.9 Å². The third-order valence-electron chi connectivity index (χ3n) is 4.74. The zero-order valence-corrected chi connectivity index (χ0v) is 16.4. The van der Waals surface area contributed by atoms with E-state index >= 15 is 0 Å². The fourth-order valence-electron chi connectivity index (χ4n) is 3.11. The minimum atomic E-state index is -0.324. The predicted octanol–water partition coefficient (Wildman–Crippen LogP) is 3.67. The van der Waals surface area contributed by atoms with E-state index < -0.39 is 0 Å². The lowest BCUT2D eigenvalue weighted by molar-refractivity contribution is 0.0951. The molecule has 7 heteroatoms. The zero-order valence-electron chi connectivity index (χ0n) is 16.4. The first-order chi connectivity index (χ1) is 14.6. The molecule has 0 bridgehead atoms. The fourth-order valence-corrected chi connectivity index (χ4v) is 3.11. The van der Waals surface area contributed by atoms with E-state index in [1.807, 2.05) is 35.0 Å². The Labute approximate surface area is 173 Å². The van der Waals surface area contributed by atoms with Crippen LogP contribution in [0.2, 0.25) is 0 Å². The van der Waals surface area contributed by atoms with E-state index in [0.29, 0.717) is 17.8 Å². The number of carbonyl (C=O) groups excluding carboxylic acids is 2. The van der Waals surface area contributed by atoms with Crippen LogP contribution in [0.1, 0.15) is 26.5 Å². The van der Waals surface area contributed by atoms with Crippen LogP contribution in [0.25, 0.3) is 5.69 Å². The highest BCUT2D eigenvalue weighted by molar-refractivity contribution is 6.09. The summed E-state index contributed by atoms with van der Waals surface area (Å²) in [6.07, 6.45) is 6.76. The fraction of sp³-hybridized carbons (Fsp3) is 0.0870. The van der Waals surface area contributed by atoms with Crippen LogP contribution in [0.4, 0.5) is 5.69 Å². The molecule has 30 heavy (non-hydrogen) atoms. The Bertz CT molecular complexity index is 1130. The molecule has 2 heterocycles. The van der Waals surface area contributed by atoms with Crippen LogP contribution in [-0.2, 0) is 6.54 Å². The molecule has 2 amide bonds. The van der Waals surface area contributed by atoms with Crippen LogP contribution in [-0.4, -0.2) is 28.4 Å². The van der Waals surface area contributed by atoms with Gasteiger partial charge >= 0.3 is 0 Å². The van der Waals surface area contributed by atoms with E-state index in [0.717, 1.165) is 11.3 Å². The van der Waals surface area contributed by atoms with Crippen molar-refractivity contribution in [1.82, 2.24) is 14.9 Å². The summed E-state index contributed by atoms with van der Waals surface area (Å²) in [4.78, 5) is 30.9. The van der Waals surface area contributed by atoms with Crippen molar-refractivity contribution in [1.29, 1.82) is 0 Å². The molecule has 0 aliphatic heterocycles. The maximum absolute atomic E-state index is 12.8. The molecule has 0 saturated carbocycles. The van der Waals surface area contributed by atoms with Crippen molar-refractivity contribution in [2.45, 2.75) is 6.54 Å². The molecule has 2 aromatic heterocycles. The summed E-state index contributed by atoms with van der Waals surface area (Å²) in [5.41, 5.74) is 2.87. The first-order valence-corrected chi connectivity index (χ1v) is 9.39. The topological polar surface area (TPSA) is 80.4 Å². The first kappa shape index (κ1) is 19.2. The monoisotopic (exact) mass is 400 g/mol. The number of hydrogen-bond acceptors (Lipinski definition) is 4. The number of nitrogens with zero attached hydrogens (tertiary/aromatic N) is 3. The van der Waals surface area contributed by atoms with E-state index in [1.165, 1.54) is 11.2 Å². The molecular formula is C23H20N4O3. The SMILES string of the molecule is CN(C(=O)c1ccco1)c1ccccc1C(=O)NCc1ccc(-n2ccnc2)cc1. The Kier molecular flexibility index (Phi) is 5.43. The maximum Gasteiger partial charge on any atom is 0.293 e. The number of para-hydroxylation sites is 1. The third kappa shape index (κ3) is 4.00. The lowest BCUT2D eigenvalue weighted by atomic mass is 10.1. The van der Waals surface area contributed by atoms with Gasteiger partial charge in [-0.3, -0.25) is 9.59 Å². The molecule has 4 aromatic rings. The van der Waals surface area contributed by atoms with Crippen LogP contribution in [0.15, 0.2) is 90.1 Å². The van der Waals surface area contributed by atoms with E-state index in [9.17, 15) is 9.59 Å². The Balaban J connectivity index is 1.46. The van der Waals surface area contributed by atoms with Gasteiger partial charge in [-0.25, -0.2) is 4.98 Å². The van der Waals surface area contributed by atoms with E-state index in [2.05, 4.69) is 10.3 Å². The molecule has 0 spiro atoms. The summed E-state index contributed by atoms with van der Waals surface area (Å²) in [5.74, 6) is -0.371. The number of imidazole rings is 1. The maximum atomic E-state index is 12.8. The largest absolute Gasteiger partial charge is 0.459 e. The van der Waals surface area contributed by atoms with Crippen LogP contribution in [0, 0.1) is 0 Å². The predicted molar refractivity (Wildman–Crippen MR) is 113 cm³/mol. The van der Waals surface area contributed by atoms with Gasteiger partial charge < -0.3 is 19.2 Å². The molecule has 0 atom stereocenters. The quantitative estimate of drug-likeness (QED) is 0.536. The number of nitrogens with one attached hydrogen (secondary N) is 1. The second-order valence-corrected chi connectivity index (χ2v) is 6.68. The summed E-state index contributed by atoms with van der Waals surface area (Å²) in [6, 6.07) is 18.1. The zero-order chi connectivity index (χ0) is 20.9. The Morgan fingerprint density at radius 3 is 2.57 bits per heavy atom. The lowest BCUT2D eigenvalue weighted by Crippen LogP contribution is -2.30. The first-order valence-electron chi connectivity index (χ1n) is 9.39. The smallest absolute Gasteiger partial charge is 0.293 e. The second-order valence-electron chi connectivity index (χ2n) is 6.68. The molecule has 150 valence electrons. The number of furan rings is 1. The van der Waals surface area contributed by atoms with Gasteiger partial charge in [0.1, 0.15) is 0 Å². The van der Waals surface area contributed by atoms with E-state index in [-0.39, 0.29) is 17.6 Å². The van der Waals surface area contributed by atoms with Gasteiger partial charge in [0.25, 0.3) is 11.8 Å².